The second-order valence-electron chi connectivity index (χ2n) is 14.3. The molecule has 2 aliphatic rings. The molecule has 8 aromatic carbocycles. The third kappa shape index (κ3) is 3.33. The van der Waals surface area contributed by atoms with Gasteiger partial charge < -0.3 is 0 Å². The lowest BCUT2D eigenvalue weighted by molar-refractivity contribution is 0.794. The number of hydrogen-bond acceptors (Lipinski definition) is 1. The highest BCUT2D eigenvalue weighted by Gasteiger charge is 2.52. The molecule has 0 amide bonds. The molecule has 2 aliphatic carbocycles. The summed E-state index contributed by atoms with van der Waals surface area (Å²) in [5.74, 6) is 0. The molecule has 2 heteroatoms. The predicted octanol–water partition coefficient (Wildman–Crippen LogP) is 11.9. The van der Waals surface area contributed by atoms with E-state index in [9.17, 15) is 0 Å². The molecule has 2 aromatic heterocycles. The molecule has 0 saturated carbocycles. The van der Waals surface area contributed by atoms with Crippen molar-refractivity contribution in [3.63, 3.8) is 0 Å². The van der Waals surface area contributed by atoms with E-state index in [1.807, 2.05) is 12.1 Å². The third-order valence-electron chi connectivity index (χ3n) is 11.9. The summed E-state index contributed by atoms with van der Waals surface area (Å²) in [7, 11) is 0. The molecular weight excluding hydrogens is 631 g/mol. The van der Waals surface area contributed by atoms with Crippen LogP contribution in [0.15, 0.2) is 181 Å². The molecule has 2 nitrogen and oxygen atoms in total. The number of rotatable bonds is 2. The maximum absolute atomic E-state index is 15.2. The maximum Gasteiger partial charge on any atom is 0.263 e. The fourth-order valence-electron chi connectivity index (χ4n) is 9.90. The van der Waals surface area contributed by atoms with Crippen molar-refractivity contribution in [1.82, 2.24) is 4.40 Å². The molecule has 0 saturated heterocycles. The Morgan fingerprint density at radius 2 is 0.846 bits per heavy atom. The summed E-state index contributed by atoms with van der Waals surface area (Å²) in [4.78, 5) is 15.2. The molecule has 0 fully saturated rings. The van der Waals surface area contributed by atoms with Crippen molar-refractivity contribution in [3.8, 4) is 44.5 Å². The second-order valence-corrected chi connectivity index (χ2v) is 14.3. The van der Waals surface area contributed by atoms with E-state index < -0.39 is 5.41 Å². The van der Waals surface area contributed by atoms with Crippen LogP contribution in [0, 0.1) is 0 Å². The summed E-state index contributed by atoms with van der Waals surface area (Å²) in [5.41, 5.74) is 16.1. The minimum Gasteiger partial charge on any atom is -0.274 e. The van der Waals surface area contributed by atoms with Crippen LogP contribution in [0.1, 0.15) is 22.3 Å². The van der Waals surface area contributed by atoms with Gasteiger partial charge in [-0.25, -0.2) is 0 Å². The average Bonchev–Trinajstić information content (AvgIpc) is 3.82. The standard InChI is InChI=1S/C50H29NO/c52-49-37-24-23-32(30-13-3-1-4-14-30)27-39(37)41-29-33(31-15-5-2-6-16-31)28-40-36-25-26-45-46(48(36)51(49)47(40)41)38-19-9-12-22-44(38)50(45)42-20-10-7-17-34(42)35-18-8-11-21-43(35)50/h1-29H. The van der Waals surface area contributed by atoms with E-state index in [1.54, 1.807) is 0 Å². The first-order valence-corrected chi connectivity index (χ1v) is 18.0. The van der Waals surface area contributed by atoms with E-state index in [-0.39, 0.29) is 5.56 Å². The molecule has 2 heterocycles. The first kappa shape index (κ1) is 28.0. The van der Waals surface area contributed by atoms with Crippen molar-refractivity contribution < 1.29 is 0 Å². The summed E-state index contributed by atoms with van der Waals surface area (Å²) in [6.45, 7) is 0. The van der Waals surface area contributed by atoms with Gasteiger partial charge in [0.05, 0.1) is 16.4 Å². The maximum atomic E-state index is 15.2. The lowest BCUT2D eigenvalue weighted by atomic mass is 9.70. The Morgan fingerprint density at radius 3 is 1.50 bits per heavy atom. The van der Waals surface area contributed by atoms with Gasteiger partial charge in [-0.1, -0.05) is 152 Å². The Hall–Kier alpha value is -6.77. The van der Waals surface area contributed by atoms with Crippen LogP contribution >= 0.6 is 0 Å². The van der Waals surface area contributed by atoms with Crippen LogP contribution in [-0.4, -0.2) is 4.40 Å². The normalized spacial score (nSPS) is 13.6. The highest BCUT2D eigenvalue weighted by molar-refractivity contribution is 6.24. The van der Waals surface area contributed by atoms with Gasteiger partial charge in [0.1, 0.15) is 0 Å². The average molecular weight is 660 g/mol. The van der Waals surface area contributed by atoms with Crippen molar-refractivity contribution in [3.05, 3.63) is 209 Å². The predicted molar refractivity (Wildman–Crippen MR) is 215 cm³/mol. The fourth-order valence-corrected chi connectivity index (χ4v) is 9.90. The van der Waals surface area contributed by atoms with Crippen LogP contribution in [0.5, 0.6) is 0 Å². The first-order chi connectivity index (χ1) is 25.7. The largest absolute Gasteiger partial charge is 0.274 e. The molecule has 52 heavy (non-hydrogen) atoms. The zero-order valence-electron chi connectivity index (χ0n) is 28.1. The van der Waals surface area contributed by atoms with E-state index in [1.165, 1.54) is 38.9 Å². The van der Waals surface area contributed by atoms with Crippen LogP contribution in [0.4, 0.5) is 0 Å². The SMILES string of the molecule is O=c1c2ccc(-c3ccccc3)cc2c2cc(-c3ccccc3)cc3c4ccc5c(c4n1c23)-c1ccccc1C51c2ccccc2-c2ccccc21. The molecule has 1 spiro atoms. The Kier molecular flexibility index (Phi) is 5.34. The second kappa shape index (κ2) is 9.93. The summed E-state index contributed by atoms with van der Waals surface area (Å²) in [5, 5.41) is 5.00. The molecule has 0 aliphatic heterocycles. The Morgan fingerprint density at radius 1 is 0.346 bits per heavy atom. The molecule has 0 N–H and O–H groups in total. The number of pyridine rings is 1. The van der Waals surface area contributed by atoms with Gasteiger partial charge in [-0.05, 0) is 90.8 Å². The van der Waals surface area contributed by atoms with Crippen LogP contribution in [0.25, 0.3) is 82.5 Å². The van der Waals surface area contributed by atoms with Crippen molar-refractivity contribution in [2.24, 2.45) is 0 Å². The van der Waals surface area contributed by atoms with Gasteiger partial charge >= 0.3 is 0 Å². The highest BCUT2D eigenvalue weighted by atomic mass is 16.1. The lowest BCUT2D eigenvalue weighted by Gasteiger charge is -2.30. The molecule has 10 aromatic rings. The lowest BCUT2D eigenvalue weighted by Crippen LogP contribution is -2.25. The summed E-state index contributed by atoms with van der Waals surface area (Å²) >= 11 is 0. The Bertz CT molecular complexity index is 3140. The van der Waals surface area contributed by atoms with Crippen LogP contribution in [-0.2, 0) is 5.41 Å². The zero-order chi connectivity index (χ0) is 34.1. The molecule has 12 rings (SSSR count). The van der Waals surface area contributed by atoms with Crippen molar-refractivity contribution in [1.29, 1.82) is 0 Å². The quantitative estimate of drug-likeness (QED) is 0.169. The fraction of sp³-hybridized carbons (Fsp3) is 0.0200. The molecule has 0 atom stereocenters. The monoisotopic (exact) mass is 659 g/mol. The Balaban J connectivity index is 1.29. The van der Waals surface area contributed by atoms with Gasteiger partial charge in [0, 0.05) is 27.1 Å². The van der Waals surface area contributed by atoms with Gasteiger partial charge in [-0.3, -0.25) is 9.20 Å². The van der Waals surface area contributed by atoms with Crippen molar-refractivity contribution >= 4 is 38.0 Å². The summed E-state index contributed by atoms with van der Waals surface area (Å²) in [6.07, 6.45) is 0. The molecule has 0 radical (unpaired) electrons. The highest BCUT2D eigenvalue weighted by Crippen LogP contribution is 2.64. The van der Waals surface area contributed by atoms with Gasteiger partial charge in [0.2, 0.25) is 0 Å². The Labute approximate surface area is 299 Å². The van der Waals surface area contributed by atoms with Crippen LogP contribution in [0.2, 0.25) is 0 Å². The molecule has 0 bridgehead atoms. The third-order valence-corrected chi connectivity index (χ3v) is 11.9. The van der Waals surface area contributed by atoms with Gasteiger partial charge in [0.15, 0.2) is 0 Å². The number of hydrogen-bond donors (Lipinski definition) is 0. The number of nitrogens with zero attached hydrogens (tertiary/aromatic N) is 1. The van der Waals surface area contributed by atoms with Crippen LogP contribution in [0.3, 0.4) is 0 Å². The summed E-state index contributed by atoms with van der Waals surface area (Å²) < 4.78 is 2.06. The molecule has 0 unspecified atom stereocenters. The van der Waals surface area contributed by atoms with E-state index in [0.717, 1.165) is 65.8 Å². The van der Waals surface area contributed by atoms with Gasteiger partial charge in [-0.15, -0.1) is 0 Å². The van der Waals surface area contributed by atoms with Gasteiger partial charge in [-0.2, -0.15) is 0 Å². The van der Waals surface area contributed by atoms with Gasteiger partial charge in [0.25, 0.3) is 5.56 Å². The van der Waals surface area contributed by atoms with E-state index in [0.29, 0.717) is 0 Å². The zero-order valence-corrected chi connectivity index (χ0v) is 28.1. The smallest absolute Gasteiger partial charge is 0.263 e. The van der Waals surface area contributed by atoms with Crippen molar-refractivity contribution in [2.45, 2.75) is 5.41 Å². The van der Waals surface area contributed by atoms with E-state index in [2.05, 4.69) is 168 Å². The number of aromatic nitrogens is 1. The number of benzene rings is 8. The number of fused-ring (bicyclic) bond motifs is 16. The van der Waals surface area contributed by atoms with Crippen LogP contribution < -0.4 is 5.56 Å². The van der Waals surface area contributed by atoms with Crippen molar-refractivity contribution in [2.75, 3.05) is 0 Å². The minimum atomic E-state index is -0.484. The minimum absolute atomic E-state index is 0.0219. The summed E-state index contributed by atoms with van der Waals surface area (Å²) in [6, 6.07) is 63.3. The van der Waals surface area contributed by atoms with E-state index in [4.69, 9.17) is 0 Å². The molecule has 240 valence electrons. The molecular formula is C50H29NO. The van der Waals surface area contributed by atoms with E-state index >= 15 is 4.79 Å². The topological polar surface area (TPSA) is 21.5 Å². The first-order valence-electron chi connectivity index (χ1n) is 18.0.